The molecule has 3 nitrogen and oxygen atoms in total. The molecule has 0 radical (unpaired) electrons. The zero-order valence-corrected chi connectivity index (χ0v) is 13.7. The predicted octanol–water partition coefficient (Wildman–Crippen LogP) is 3.54. The topological polar surface area (TPSA) is 28.2 Å². The Hall–Kier alpha value is -1.35. The van der Waals surface area contributed by atoms with Crippen LogP contribution in [0.3, 0.4) is 0 Å². The minimum absolute atomic E-state index is 0.495. The Labute approximate surface area is 124 Å². The van der Waals surface area contributed by atoms with E-state index in [0.717, 1.165) is 43.1 Å². The van der Waals surface area contributed by atoms with Crippen molar-refractivity contribution < 1.29 is 0 Å². The van der Waals surface area contributed by atoms with E-state index in [-0.39, 0.29) is 0 Å². The molecule has 1 heterocycles. The number of hydrogen-bond donors (Lipinski definition) is 1. The molecule has 0 saturated heterocycles. The van der Waals surface area contributed by atoms with E-state index in [1.165, 1.54) is 5.56 Å². The van der Waals surface area contributed by atoms with E-state index in [1.807, 2.05) is 0 Å². The fraction of sp³-hybridized carbons (Fsp3) is 0.588. The first-order valence-electron chi connectivity index (χ1n) is 7.58. The van der Waals surface area contributed by atoms with Gasteiger partial charge in [0.25, 0.3) is 0 Å². The molecule has 1 N–H and O–H groups in total. The summed E-state index contributed by atoms with van der Waals surface area (Å²) in [4.78, 5) is 7.04. The highest BCUT2D eigenvalue weighted by atomic mass is 15.2. The lowest BCUT2D eigenvalue weighted by Crippen LogP contribution is -2.26. The van der Waals surface area contributed by atoms with Crippen molar-refractivity contribution in [2.45, 2.75) is 53.6 Å². The molecule has 0 fully saturated rings. The van der Waals surface area contributed by atoms with E-state index in [4.69, 9.17) is 4.98 Å². The van der Waals surface area contributed by atoms with Crippen LogP contribution in [-0.2, 0) is 13.0 Å². The second-order valence-electron chi connectivity index (χ2n) is 5.69. The van der Waals surface area contributed by atoms with Gasteiger partial charge in [0, 0.05) is 31.4 Å². The van der Waals surface area contributed by atoms with Crippen molar-refractivity contribution in [2.75, 3.05) is 18.0 Å². The number of pyridine rings is 1. The lowest BCUT2D eigenvalue weighted by Gasteiger charge is -2.23. The molecular formula is C17H29N3. The monoisotopic (exact) mass is 275 g/mol. The van der Waals surface area contributed by atoms with Gasteiger partial charge in [-0.1, -0.05) is 32.9 Å². The highest BCUT2D eigenvalue weighted by Crippen LogP contribution is 2.17. The van der Waals surface area contributed by atoms with Crippen LogP contribution in [0.1, 0.15) is 45.9 Å². The van der Waals surface area contributed by atoms with Crippen molar-refractivity contribution in [1.29, 1.82) is 0 Å². The van der Waals surface area contributed by atoms with Crippen molar-refractivity contribution in [3.05, 3.63) is 35.5 Å². The Morgan fingerprint density at radius 1 is 1.35 bits per heavy atom. The summed E-state index contributed by atoms with van der Waals surface area (Å²) in [5, 5.41) is 3.47. The van der Waals surface area contributed by atoms with Crippen LogP contribution in [-0.4, -0.2) is 24.1 Å². The summed E-state index contributed by atoms with van der Waals surface area (Å²) >= 11 is 0. The summed E-state index contributed by atoms with van der Waals surface area (Å²) in [7, 11) is 0. The number of hydrogen-bond acceptors (Lipinski definition) is 3. The summed E-state index contributed by atoms with van der Waals surface area (Å²) in [5.74, 6) is 1.07. The minimum atomic E-state index is 0.495. The normalized spacial score (nSPS) is 10.9. The first-order valence-corrected chi connectivity index (χ1v) is 7.58. The van der Waals surface area contributed by atoms with Crippen LogP contribution >= 0.6 is 0 Å². The molecular weight excluding hydrogens is 246 g/mol. The Morgan fingerprint density at radius 2 is 2.05 bits per heavy atom. The second kappa shape index (κ2) is 8.05. The minimum Gasteiger partial charge on any atom is -0.353 e. The predicted molar refractivity (Wildman–Crippen MR) is 88.3 cm³/mol. The number of rotatable bonds is 8. The molecule has 0 atom stereocenters. The molecule has 1 aromatic rings. The van der Waals surface area contributed by atoms with Gasteiger partial charge in [0.1, 0.15) is 5.82 Å². The quantitative estimate of drug-likeness (QED) is 0.735. The Balaban J connectivity index is 2.98. The van der Waals surface area contributed by atoms with Gasteiger partial charge in [-0.2, -0.15) is 0 Å². The van der Waals surface area contributed by atoms with Gasteiger partial charge in [-0.05, 0) is 38.0 Å². The third kappa shape index (κ3) is 5.33. The fourth-order valence-corrected chi connectivity index (χ4v) is 2.08. The molecule has 3 heteroatoms. The molecule has 1 aromatic heterocycles. The van der Waals surface area contributed by atoms with Gasteiger partial charge in [-0.3, -0.25) is 0 Å². The Bertz CT molecular complexity index is 438. The molecule has 0 aromatic carbocycles. The van der Waals surface area contributed by atoms with Crippen molar-refractivity contribution in [3.63, 3.8) is 0 Å². The lowest BCUT2D eigenvalue weighted by molar-refractivity contribution is 0.588. The average molecular weight is 275 g/mol. The maximum atomic E-state index is 4.76. The molecule has 0 amide bonds. The highest BCUT2D eigenvalue weighted by Gasteiger charge is 2.09. The third-order valence-corrected chi connectivity index (χ3v) is 3.17. The number of aryl methyl sites for hydroxylation is 1. The van der Waals surface area contributed by atoms with Crippen LogP contribution in [0.4, 0.5) is 5.82 Å². The van der Waals surface area contributed by atoms with E-state index in [2.05, 4.69) is 63.5 Å². The molecule has 112 valence electrons. The average Bonchev–Trinajstić information content (AvgIpc) is 2.41. The molecule has 0 aliphatic heterocycles. The maximum Gasteiger partial charge on any atom is 0.129 e. The number of nitrogens with zero attached hydrogens (tertiary/aromatic N) is 2. The largest absolute Gasteiger partial charge is 0.353 e. The first kappa shape index (κ1) is 16.7. The van der Waals surface area contributed by atoms with E-state index in [9.17, 15) is 0 Å². The van der Waals surface area contributed by atoms with Crippen LogP contribution in [0, 0.1) is 0 Å². The van der Waals surface area contributed by atoms with Crippen LogP contribution in [0.2, 0.25) is 0 Å². The number of aromatic nitrogens is 1. The fourth-order valence-electron chi connectivity index (χ4n) is 2.08. The zero-order valence-electron chi connectivity index (χ0n) is 13.7. The summed E-state index contributed by atoms with van der Waals surface area (Å²) in [6, 6.07) is 4.89. The van der Waals surface area contributed by atoms with Crippen molar-refractivity contribution in [3.8, 4) is 0 Å². The van der Waals surface area contributed by atoms with Crippen LogP contribution in [0.25, 0.3) is 0 Å². The van der Waals surface area contributed by atoms with Crippen molar-refractivity contribution in [1.82, 2.24) is 10.3 Å². The maximum absolute atomic E-state index is 4.76. The van der Waals surface area contributed by atoms with Gasteiger partial charge >= 0.3 is 0 Å². The molecule has 0 aliphatic carbocycles. The summed E-state index contributed by atoms with van der Waals surface area (Å²) in [5.41, 5.74) is 3.63. The SMILES string of the molecule is C=C(C)CN(CC)c1cc(CNC(C)C)cc(CC)n1. The van der Waals surface area contributed by atoms with Crippen LogP contribution < -0.4 is 10.2 Å². The standard InChI is InChI=1S/C17H29N3/c1-7-16-9-15(11-18-14(5)6)10-17(19-16)20(8-2)12-13(3)4/h9-10,14,18H,3,7-8,11-12H2,1-2,4-6H3. The zero-order chi connectivity index (χ0) is 15.1. The second-order valence-corrected chi connectivity index (χ2v) is 5.69. The third-order valence-electron chi connectivity index (χ3n) is 3.17. The van der Waals surface area contributed by atoms with Gasteiger partial charge in [0.2, 0.25) is 0 Å². The number of anilines is 1. The van der Waals surface area contributed by atoms with Crippen molar-refractivity contribution >= 4 is 5.82 Å². The number of likely N-dealkylation sites (N-methyl/N-ethyl adjacent to an activating group) is 1. The molecule has 20 heavy (non-hydrogen) atoms. The summed E-state index contributed by atoms with van der Waals surface area (Å²) < 4.78 is 0. The van der Waals surface area contributed by atoms with Crippen LogP contribution in [0.15, 0.2) is 24.3 Å². The first-order chi connectivity index (χ1) is 9.46. The van der Waals surface area contributed by atoms with E-state index < -0.39 is 0 Å². The molecule has 0 saturated carbocycles. The van der Waals surface area contributed by atoms with E-state index in [1.54, 1.807) is 0 Å². The van der Waals surface area contributed by atoms with Gasteiger partial charge < -0.3 is 10.2 Å². The van der Waals surface area contributed by atoms with Gasteiger partial charge in [0.05, 0.1) is 0 Å². The molecule has 0 bridgehead atoms. The summed E-state index contributed by atoms with van der Waals surface area (Å²) in [6.07, 6.45) is 0.965. The van der Waals surface area contributed by atoms with Crippen LogP contribution in [0.5, 0.6) is 0 Å². The summed E-state index contributed by atoms with van der Waals surface area (Å²) in [6.45, 7) is 17.4. The van der Waals surface area contributed by atoms with Gasteiger partial charge in [0.15, 0.2) is 0 Å². The molecule has 0 aliphatic rings. The van der Waals surface area contributed by atoms with Gasteiger partial charge in [-0.25, -0.2) is 4.98 Å². The van der Waals surface area contributed by atoms with E-state index in [0.29, 0.717) is 6.04 Å². The van der Waals surface area contributed by atoms with Gasteiger partial charge in [-0.15, -0.1) is 0 Å². The Morgan fingerprint density at radius 3 is 2.55 bits per heavy atom. The number of nitrogens with one attached hydrogen (secondary N) is 1. The molecule has 1 rings (SSSR count). The Kier molecular flexibility index (Phi) is 6.73. The molecule has 0 unspecified atom stereocenters. The lowest BCUT2D eigenvalue weighted by atomic mass is 10.1. The smallest absolute Gasteiger partial charge is 0.129 e. The molecule has 0 spiro atoms. The highest BCUT2D eigenvalue weighted by molar-refractivity contribution is 5.44. The van der Waals surface area contributed by atoms with Crippen molar-refractivity contribution in [2.24, 2.45) is 0 Å². The van der Waals surface area contributed by atoms with E-state index >= 15 is 0 Å².